The number of hydrogen-bond acceptors (Lipinski definition) is 10. The number of anilines is 2. The van der Waals surface area contributed by atoms with Gasteiger partial charge in [0.25, 0.3) is 5.95 Å². The summed E-state index contributed by atoms with van der Waals surface area (Å²) in [4.78, 5) is 26.2. The predicted molar refractivity (Wildman–Crippen MR) is 161 cm³/mol. The number of morpholine rings is 1. The molecule has 0 radical (unpaired) electrons. The van der Waals surface area contributed by atoms with Crippen LogP contribution in [0, 0.1) is 0 Å². The van der Waals surface area contributed by atoms with Crippen molar-refractivity contribution in [2.45, 2.75) is 38.6 Å². The highest BCUT2D eigenvalue weighted by Gasteiger charge is 2.27. The normalized spacial score (nSPS) is 15.6. The molecule has 1 atom stereocenters. The fourth-order valence-electron chi connectivity index (χ4n) is 4.52. The second kappa shape index (κ2) is 13.4. The number of methoxy groups -OCH3 is 2. The highest BCUT2D eigenvalue weighted by molar-refractivity contribution is 6.89. The summed E-state index contributed by atoms with van der Waals surface area (Å²) in [6.07, 6.45) is -0.00186. The number of aromatic nitrogens is 2. The fraction of sp³-hybridized carbons (Fsp3) is 0.483. The number of likely N-dealkylation sites (N-methyl/N-ethyl adjacent to an activating group) is 1. The summed E-state index contributed by atoms with van der Waals surface area (Å²) in [5.74, 6) is 2.01. The lowest BCUT2D eigenvalue weighted by atomic mass is 10.2. The average molecular weight is 584 g/mol. The highest BCUT2D eigenvalue weighted by Crippen LogP contribution is 2.34. The van der Waals surface area contributed by atoms with Gasteiger partial charge in [0, 0.05) is 25.7 Å². The number of benzene rings is 1. The Labute approximate surface area is 242 Å². The topological polar surface area (TPSA) is 111 Å². The molecule has 1 saturated heterocycles. The predicted octanol–water partition coefficient (Wildman–Crippen LogP) is 3.76. The van der Waals surface area contributed by atoms with Crippen LogP contribution in [-0.4, -0.2) is 89.5 Å². The van der Waals surface area contributed by atoms with E-state index in [9.17, 15) is 4.79 Å². The van der Waals surface area contributed by atoms with Gasteiger partial charge < -0.3 is 38.5 Å². The van der Waals surface area contributed by atoms with Crippen LogP contribution in [0.4, 0.5) is 11.6 Å². The van der Waals surface area contributed by atoms with Crippen LogP contribution >= 0.6 is 0 Å². The van der Waals surface area contributed by atoms with E-state index in [1.165, 1.54) is 19.4 Å². The Morgan fingerprint density at radius 3 is 2.54 bits per heavy atom. The van der Waals surface area contributed by atoms with Crippen LogP contribution in [0.15, 0.2) is 40.8 Å². The van der Waals surface area contributed by atoms with Gasteiger partial charge in [-0.2, -0.15) is 9.97 Å². The molecule has 12 heteroatoms. The Morgan fingerprint density at radius 2 is 1.88 bits per heavy atom. The zero-order valence-electron chi connectivity index (χ0n) is 25.0. The molecule has 0 spiro atoms. The first kappa shape index (κ1) is 30.3. The summed E-state index contributed by atoms with van der Waals surface area (Å²) in [6, 6.07) is 12.7. The largest absolute Gasteiger partial charge is 0.479 e. The van der Waals surface area contributed by atoms with Gasteiger partial charge in [-0.3, -0.25) is 4.79 Å². The Hall–Kier alpha value is -3.61. The lowest BCUT2D eigenvalue weighted by Crippen LogP contribution is -2.47. The van der Waals surface area contributed by atoms with E-state index in [1.807, 2.05) is 31.1 Å². The third-order valence-electron chi connectivity index (χ3n) is 7.16. The fourth-order valence-corrected chi connectivity index (χ4v) is 6.01. The number of furan rings is 1. The minimum atomic E-state index is -1.50. The van der Waals surface area contributed by atoms with Crippen molar-refractivity contribution >= 4 is 30.8 Å². The van der Waals surface area contributed by atoms with Crippen molar-refractivity contribution in [2.75, 3.05) is 64.8 Å². The smallest absolute Gasteiger partial charge is 0.290 e. The molecule has 222 valence electrons. The average Bonchev–Trinajstić information content (AvgIpc) is 3.39. The molecule has 1 N–H and O–H groups in total. The van der Waals surface area contributed by atoms with Gasteiger partial charge in [-0.05, 0) is 32.3 Å². The summed E-state index contributed by atoms with van der Waals surface area (Å²) >= 11 is 0. The monoisotopic (exact) mass is 583 g/mol. The first-order valence-electron chi connectivity index (χ1n) is 13.8. The number of ether oxygens (including phenoxy) is 4. The summed E-state index contributed by atoms with van der Waals surface area (Å²) in [7, 11) is 5.50. The summed E-state index contributed by atoms with van der Waals surface area (Å²) in [6.45, 7) is 9.49. The van der Waals surface area contributed by atoms with E-state index < -0.39 is 8.07 Å². The van der Waals surface area contributed by atoms with Gasteiger partial charge >= 0.3 is 0 Å². The number of rotatable bonds is 12. The van der Waals surface area contributed by atoms with E-state index in [4.69, 9.17) is 23.4 Å². The van der Waals surface area contributed by atoms with E-state index in [0.29, 0.717) is 43.1 Å². The van der Waals surface area contributed by atoms with Crippen LogP contribution in [0.5, 0.6) is 23.5 Å². The zero-order valence-corrected chi connectivity index (χ0v) is 26.0. The van der Waals surface area contributed by atoms with Gasteiger partial charge in [0.05, 0.1) is 41.4 Å². The van der Waals surface area contributed by atoms with Gasteiger partial charge in [-0.25, -0.2) is 0 Å². The van der Waals surface area contributed by atoms with Crippen molar-refractivity contribution in [1.82, 2.24) is 14.9 Å². The zero-order chi connectivity index (χ0) is 29.6. The van der Waals surface area contributed by atoms with Gasteiger partial charge in [-0.15, -0.1) is 0 Å². The van der Waals surface area contributed by atoms with Crippen molar-refractivity contribution in [3.63, 3.8) is 0 Å². The number of nitrogens with one attached hydrogen (secondary N) is 1. The SMILES string of the molecule is CC[Si](C)(C)c1cccc(Oc2ccc(CC(=O)Nc3c(OC)nc(N4CCOC(CN(C)C)C4)nc3OC)o2)c1. The van der Waals surface area contributed by atoms with E-state index in [0.717, 1.165) is 12.6 Å². The molecule has 1 unspecified atom stereocenters. The van der Waals surface area contributed by atoms with Gasteiger partial charge in [-0.1, -0.05) is 43.4 Å². The lowest BCUT2D eigenvalue weighted by Gasteiger charge is -2.34. The van der Waals surface area contributed by atoms with Gasteiger partial charge in [0.1, 0.15) is 11.5 Å². The Bertz CT molecular complexity index is 1310. The number of nitrogens with zero attached hydrogens (tertiary/aromatic N) is 4. The van der Waals surface area contributed by atoms with E-state index in [1.54, 1.807) is 12.1 Å². The molecule has 2 aromatic heterocycles. The van der Waals surface area contributed by atoms with Crippen LogP contribution in [0.1, 0.15) is 12.7 Å². The molecule has 1 aromatic carbocycles. The van der Waals surface area contributed by atoms with Crippen molar-refractivity contribution in [2.24, 2.45) is 0 Å². The number of carbonyl (C=O) groups excluding carboxylic acids is 1. The molecule has 1 aliphatic rings. The molecule has 1 amide bonds. The first-order chi connectivity index (χ1) is 19.6. The van der Waals surface area contributed by atoms with E-state index >= 15 is 0 Å². The molecule has 11 nitrogen and oxygen atoms in total. The molecule has 0 aliphatic carbocycles. The highest BCUT2D eigenvalue weighted by atomic mass is 28.3. The van der Waals surface area contributed by atoms with Crippen LogP contribution in [0.25, 0.3) is 0 Å². The molecule has 1 fully saturated rings. The van der Waals surface area contributed by atoms with Gasteiger partial charge in [0.2, 0.25) is 23.6 Å². The maximum Gasteiger partial charge on any atom is 0.290 e. The maximum atomic E-state index is 13.0. The van der Waals surface area contributed by atoms with Crippen molar-refractivity contribution in [1.29, 1.82) is 0 Å². The van der Waals surface area contributed by atoms with Crippen molar-refractivity contribution in [3.05, 3.63) is 42.2 Å². The molecular formula is C29H41N5O6Si. The first-order valence-corrected chi connectivity index (χ1v) is 17.0. The van der Waals surface area contributed by atoms with Crippen LogP contribution in [0.3, 0.4) is 0 Å². The lowest BCUT2D eigenvalue weighted by molar-refractivity contribution is -0.115. The third kappa shape index (κ3) is 7.78. The van der Waals surface area contributed by atoms with Crippen molar-refractivity contribution in [3.8, 4) is 23.5 Å². The van der Waals surface area contributed by atoms with Crippen LogP contribution in [0.2, 0.25) is 19.1 Å². The minimum Gasteiger partial charge on any atom is -0.479 e. The number of amides is 1. The molecule has 0 bridgehead atoms. The summed E-state index contributed by atoms with van der Waals surface area (Å²) in [5, 5.41) is 4.15. The summed E-state index contributed by atoms with van der Waals surface area (Å²) < 4.78 is 28.7. The molecule has 0 saturated carbocycles. The molecule has 3 heterocycles. The molecular weight excluding hydrogens is 542 g/mol. The molecule has 3 aromatic rings. The number of carbonyl (C=O) groups is 1. The standard InChI is InChI=1S/C29H41N5O6Si/c1-8-41(6,7)23-11-9-10-20(16-23)39-25-13-12-21(40-25)17-24(35)30-26-27(36-4)31-29(32-28(26)37-5)34-14-15-38-22(19-34)18-33(2)3/h9-13,16,22H,8,14-15,17-19H2,1-7H3,(H,30,35). The van der Waals surface area contributed by atoms with Crippen LogP contribution in [-0.2, 0) is 16.0 Å². The second-order valence-corrected chi connectivity index (χ2v) is 16.0. The second-order valence-electron chi connectivity index (χ2n) is 10.9. The summed E-state index contributed by atoms with van der Waals surface area (Å²) in [5.41, 5.74) is 0.254. The van der Waals surface area contributed by atoms with Crippen LogP contribution < -0.4 is 29.6 Å². The van der Waals surface area contributed by atoms with E-state index in [2.05, 4.69) is 52.3 Å². The Morgan fingerprint density at radius 1 is 1.15 bits per heavy atom. The quantitative estimate of drug-likeness (QED) is 0.316. The Balaban J connectivity index is 1.43. The van der Waals surface area contributed by atoms with Crippen molar-refractivity contribution < 1.29 is 28.2 Å². The minimum absolute atomic E-state index is 0.0230. The third-order valence-corrected chi connectivity index (χ3v) is 10.8. The van der Waals surface area contributed by atoms with E-state index in [-0.39, 0.29) is 35.9 Å². The molecule has 1 aliphatic heterocycles. The maximum absolute atomic E-state index is 13.0. The Kier molecular flexibility index (Phi) is 9.89. The molecule has 4 rings (SSSR count). The van der Waals surface area contributed by atoms with Gasteiger partial charge in [0.15, 0.2) is 5.69 Å². The number of hydrogen-bond donors (Lipinski definition) is 1. The molecule has 41 heavy (non-hydrogen) atoms.